The van der Waals surface area contributed by atoms with Crippen LogP contribution in [-0.2, 0) is 0 Å². The third-order valence-corrected chi connectivity index (χ3v) is 3.56. The Morgan fingerprint density at radius 1 is 0.944 bits per heavy atom. The average molecular weight is 298 g/mol. The number of nitrogens with zero attached hydrogens (tertiary/aromatic N) is 1. The zero-order valence-electron chi connectivity index (χ0n) is 10.0. The second-order valence-corrected chi connectivity index (χ2v) is 5.27. The van der Waals surface area contributed by atoms with Crippen LogP contribution < -0.4 is 0 Å². The van der Waals surface area contributed by atoms with Crippen LogP contribution in [0.3, 0.4) is 0 Å². The summed E-state index contributed by atoms with van der Waals surface area (Å²) in [7, 11) is 0. The van der Waals surface area contributed by atoms with Crippen molar-refractivity contribution in [3.63, 3.8) is 0 Å². The van der Waals surface area contributed by atoms with Gasteiger partial charge in [0.2, 0.25) is 0 Å². The lowest BCUT2D eigenvalue weighted by Gasteiger charge is -2.07. The van der Waals surface area contributed by atoms with Crippen molar-refractivity contribution in [1.82, 2.24) is 4.98 Å². The van der Waals surface area contributed by atoms with E-state index >= 15 is 0 Å². The lowest BCUT2D eigenvalue weighted by atomic mass is 10.0. The van der Waals surface area contributed by atoms with E-state index in [4.69, 9.17) is 4.98 Å². The highest BCUT2D eigenvalue weighted by molar-refractivity contribution is 9.10. The molecule has 0 aliphatic heterocycles. The Labute approximate surface area is 115 Å². The summed E-state index contributed by atoms with van der Waals surface area (Å²) in [6.45, 7) is 2.11. The van der Waals surface area contributed by atoms with Crippen LogP contribution in [0.2, 0.25) is 0 Å². The summed E-state index contributed by atoms with van der Waals surface area (Å²) >= 11 is 3.46. The lowest BCUT2D eigenvalue weighted by molar-refractivity contribution is 1.33. The number of para-hydroxylation sites is 1. The molecular formula is C16H12BrN. The number of aryl methyl sites for hydroxylation is 1. The second kappa shape index (κ2) is 4.54. The van der Waals surface area contributed by atoms with E-state index in [1.54, 1.807) is 0 Å². The van der Waals surface area contributed by atoms with Crippen LogP contribution in [0.1, 0.15) is 5.56 Å². The largest absolute Gasteiger partial charge is 0.248 e. The van der Waals surface area contributed by atoms with Crippen LogP contribution in [0.15, 0.2) is 59.1 Å². The van der Waals surface area contributed by atoms with Gasteiger partial charge < -0.3 is 0 Å². The van der Waals surface area contributed by atoms with Crippen molar-refractivity contribution in [1.29, 1.82) is 0 Å². The van der Waals surface area contributed by atoms with Crippen LogP contribution >= 0.6 is 15.9 Å². The molecule has 3 rings (SSSR count). The molecule has 0 bridgehead atoms. The van der Waals surface area contributed by atoms with Gasteiger partial charge in [0.25, 0.3) is 0 Å². The molecule has 88 valence electrons. The van der Waals surface area contributed by atoms with E-state index < -0.39 is 0 Å². The maximum absolute atomic E-state index is 4.76. The number of hydrogen-bond acceptors (Lipinski definition) is 1. The minimum Gasteiger partial charge on any atom is -0.248 e. The molecule has 0 fully saturated rings. The van der Waals surface area contributed by atoms with Gasteiger partial charge in [-0.15, -0.1) is 0 Å². The summed E-state index contributed by atoms with van der Waals surface area (Å²) in [6.07, 6.45) is 0. The van der Waals surface area contributed by atoms with E-state index in [0.717, 1.165) is 21.2 Å². The highest BCUT2D eigenvalue weighted by Crippen LogP contribution is 2.26. The summed E-state index contributed by atoms with van der Waals surface area (Å²) < 4.78 is 1.09. The van der Waals surface area contributed by atoms with Gasteiger partial charge in [0.1, 0.15) is 0 Å². The van der Waals surface area contributed by atoms with E-state index in [1.807, 2.05) is 24.3 Å². The normalized spacial score (nSPS) is 10.8. The zero-order chi connectivity index (χ0) is 12.5. The maximum atomic E-state index is 4.76. The molecule has 0 spiro atoms. The molecule has 0 N–H and O–H groups in total. The predicted molar refractivity (Wildman–Crippen MR) is 79.6 cm³/mol. The van der Waals surface area contributed by atoms with Gasteiger partial charge in [-0.1, -0.05) is 46.3 Å². The fourth-order valence-electron chi connectivity index (χ4n) is 2.12. The third kappa shape index (κ3) is 2.04. The molecule has 0 saturated heterocycles. The van der Waals surface area contributed by atoms with Gasteiger partial charge in [-0.05, 0) is 36.8 Å². The number of rotatable bonds is 1. The minimum absolute atomic E-state index is 1.04. The third-order valence-electron chi connectivity index (χ3n) is 3.03. The summed E-state index contributed by atoms with van der Waals surface area (Å²) in [4.78, 5) is 4.76. The van der Waals surface area contributed by atoms with E-state index in [2.05, 4.69) is 53.2 Å². The van der Waals surface area contributed by atoms with E-state index in [-0.39, 0.29) is 0 Å². The van der Waals surface area contributed by atoms with E-state index in [0.29, 0.717) is 0 Å². The van der Waals surface area contributed by atoms with Crippen molar-refractivity contribution in [3.8, 4) is 11.3 Å². The number of hydrogen-bond donors (Lipinski definition) is 0. The summed E-state index contributed by atoms with van der Waals surface area (Å²) in [5.74, 6) is 0. The van der Waals surface area contributed by atoms with Crippen molar-refractivity contribution < 1.29 is 0 Å². The van der Waals surface area contributed by atoms with Crippen LogP contribution in [-0.4, -0.2) is 4.98 Å². The molecule has 0 amide bonds. The number of fused-ring (bicyclic) bond motifs is 1. The van der Waals surface area contributed by atoms with Gasteiger partial charge in [-0.25, -0.2) is 4.98 Å². The van der Waals surface area contributed by atoms with Crippen molar-refractivity contribution in [2.75, 3.05) is 0 Å². The van der Waals surface area contributed by atoms with Crippen LogP contribution in [0.5, 0.6) is 0 Å². The number of halogens is 1. The summed E-state index contributed by atoms with van der Waals surface area (Å²) in [5, 5.41) is 1.19. The molecule has 0 aliphatic carbocycles. The van der Waals surface area contributed by atoms with Crippen molar-refractivity contribution >= 4 is 26.8 Å². The van der Waals surface area contributed by atoms with E-state index in [9.17, 15) is 0 Å². The second-order valence-electron chi connectivity index (χ2n) is 4.35. The Morgan fingerprint density at radius 2 is 1.67 bits per heavy atom. The smallest absolute Gasteiger partial charge is 0.0738 e. The molecule has 3 aromatic rings. The minimum atomic E-state index is 1.04. The number of benzene rings is 2. The van der Waals surface area contributed by atoms with Crippen molar-refractivity contribution in [3.05, 3.63) is 64.6 Å². The molecule has 0 unspecified atom stereocenters. The standard InChI is InChI=1S/C16H12BrN/c1-11-10-13-4-2-3-5-15(13)18-16(11)12-6-8-14(17)9-7-12/h2-10H,1H3. The Bertz CT molecular complexity index is 702. The fourth-order valence-corrected chi connectivity index (χ4v) is 2.39. The molecule has 1 nitrogen and oxygen atoms in total. The molecule has 18 heavy (non-hydrogen) atoms. The van der Waals surface area contributed by atoms with Crippen LogP contribution in [0.4, 0.5) is 0 Å². The number of aromatic nitrogens is 1. The first kappa shape index (κ1) is 11.4. The Balaban J connectivity index is 2.22. The molecule has 0 radical (unpaired) electrons. The topological polar surface area (TPSA) is 12.9 Å². The highest BCUT2D eigenvalue weighted by Gasteiger charge is 2.05. The molecule has 0 atom stereocenters. The van der Waals surface area contributed by atoms with Crippen molar-refractivity contribution in [2.45, 2.75) is 6.92 Å². The Hall–Kier alpha value is -1.67. The zero-order valence-corrected chi connectivity index (χ0v) is 11.6. The SMILES string of the molecule is Cc1cc2ccccc2nc1-c1ccc(Br)cc1. The first-order valence-electron chi connectivity index (χ1n) is 5.86. The molecule has 2 heteroatoms. The molecule has 2 aromatic carbocycles. The van der Waals surface area contributed by atoms with Crippen LogP contribution in [0, 0.1) is 6.92 Å². The van der Waals surface area contributed by atoms with Crippen molar-refractivity contribution in [2.24, 2.45) is 0 Å². The van der Waals surface area contributed by atoms with Gasteiger partial charge in [0.05, 0.1) is 11.2 Å². The number of pyridine rings is 1. The maximum Gasteiger partial charge on any atom is 0.0738 e. The molecule has 1 heterocycles. The Kier molecular flexibility index (Phi) is 2.88. The Morgan fingerprint density at radius 3 is 2.44 bits per heavy atom. The first-order valence-corrected chi connectivity index (χ1v) is 6.66. The van der Waals surface area contributed by atoms with Crippen LogP contribution in [0.25, 0.3) is 22.2 Å². The summed E-state index contributed by atoms with van der Waals surface area (Å²) in [5.41, 5.74) is 4.46. The fraction of sp³-hybridized carbons (Fsp3) is 0.0625. The molecule has 0 saturated carbocycles. The highest BCUT2D eigenvalue weighted by atomic mass is 79.9. The molecular weight excluding hydrogens is 286 g/mol. The van der Waals surface area contributed by atoms with Gasteiger partial charge in [-0.3, -0.25) is 0 Å². The monoisotopic (exact) mass is 297 g/mol. The van der Waals surface area contributed by atoms with Gasteiger partial charge in [0.15, 0.2) is 0 Å². The van der Waals surface area contributed by atoms with Gasteiger partial charge >= 0.3 is 0 Å². The summed E-state index contributed by atoms with van der Waals surface area (Å²) in [6, 6.07) is 18.7. The molecule has 1 aromatic heterocycles. The van der Waals surface area contributed by atoms with E-state index in [1.165, 1.54) is 10.9 Å². The average Bonchev–Trinajstić information content (AvgIpc) is 2.39. The van der Waals surface area contributed by atoms with Gasteiger partial charge in [0, 0.05) is 15.4 Å². The lowest BCUT2D eigenvalue weighted by Crippen LogP contribution is -1.89. The first-order chi connectivity index (χ1) is 8.74. The van der Waals surface area contributed by atoms with Gasteiger partial charge in [-0.2, -0.15) is 0 Å². The predicted octanol–water partition coefficient (Wildman–Crippen LogP) is 4.97. The molecule has 0 aliphatic rings. The quantitative estimate of drug-likeness (QED) is 0.618.